The molecule has 2 aromatic carbocycles. The molecule has 0 bridgehead atoms. The summed E-state index contributed by atoms with van der Waals surface area (Å²) >= 11 is 0. The third kappa shape index (κ3) is 4.40. The molecule has 0 saturated heterocycles. The highest BCUT2D eigenvalue weighted by Gasteiger charge is 2.45. The number of rotatable bonds is 8. The molecule has 1 atom stereocenters. The van der Waals surface area contributed by atoms with Gasteiger partial charge in [0.05, 0.1) is 15.5 Å². The van der Waals surface area contributed by atoms with Crippen molar-refractivity contribution in [2.75, 3.05) is 31.9 Å². The van der Waals surface area contributed by atoms with Gasteiger partial charge in [-0.15, -0.1) is 0 Å². The van der Waals surface area contributed by atoms with E-state index in [1.807, 2.05) is 13.8 Å². The molecule has 9 heteroatoms. The van der Waals surface area contributed by atoms with Crippen molar-refractivity contribution in [1.82, 2.24) is 10.2 Å². The molecule has 0 fully saturated rings. The van der Waals surface area contributed by atoms with Gasteiger partial charge in [-0.05, 0) is 37.4 Å². The quantitative estimate of drug-likeness (QED) is 0.567. The van der Waals surface area contributed by atoms with Crippen molar-refractivity contribution in [2.45, 2.75) is 28.9 Å². The predicted molar refractivity (Wildman–Crippen MR) is 119 cm³/mol. The number of benzene rings is 2. The van der Waals surface area contributed by atoms with Crippen LogP contribution in [0.25, 0.3) is 0 Å². The van der Waals surface area contributed by atoms with Crippen molar-refractivity contribution in [3.8, 4) is 0 Å². The van der Waals surface area contributed by atoms with Gasteiger partial charge in [0.1, 0.15) is 5.25 Å². The summed E-state index contributed by atoms with van der Waals surface area (Å²) in [5.74, 6) is -0.757. The standard InChI is InChI=1S/C21H28N2O5S2/c1-3-23(4-2)14-13-22-21(24)17-11-8-12-18-20(17)19(15-29(18,25)26)30(27,28)16-9-6-5-7-10-16/h5-12,19,25-26H,3-4,13-15H2,1-2H3,(H,22,24). The summed E-state index contributed by atoms with van der Waals surface area (Å²) in [6.45, 7) is 6.90. The van der Waals surface area contributed by atoms with Crippen molar-refractivity contribution in [2.24, 2.45) is 0 Å². The Labute approximate surface area is 179 Å². The summed E-state index contributed by atoms with van der Waals surface area (Å²) < 4.78 is 47.8. The van der Waals surface area contributed by atoms with Crippen LogP contribution in [-0.4, -0.2) is 60.3 Å². The first kappa shape index (κ1) is 22.8. The Morgan fingerprint density at radius 3 is 2.40 bits per heavy atom. The van der Waals surface area contributed by atoms with Crippen LogP contribution in [0.2, 0.25) is 0 Å². The summed E-state index contributed by atoms with van der Waals surface area (Å²) in [5.41, 5.74) is 0.371. The molecule has 2 aromatic rings. The average Bonchev–Trinajstić information content (AvgIpc) is 3.03. The van der Waals surface area contributed by atoms with Crippen LogP contribution in [-0.2, 0) is 9.84 Å². The molecule has 1 heterocycles. The lowest BCUT2D eigenvalue weighted by Crippen LogP contribution is -2.35. The van der Waals surface area contributed by atoms with E-state index in [4.69, 9.17) is 0 Å². The van der Waals surface area contributed by atoms with Gasteiger partial charge in [0.25, 0.3) is 5.91 Å². The topological polar surface area (TPSA) is 107 Å². The van der Waals surface area contributed by atoms with Gasteiger partial charge in [0.2, 0.25) is 0 Å². The Kier molecular flexibility index (Phi) is 6.88. The van der Waals surface area contributed by atoms with E-state index in [0.717, 1.165) is 13.1 Å². The minimum atomic E-state index is -3.91. The highest BCUT2D eigenvalue weighted by molar-refractivity contribution is 8.25. The van der Waals surface area contributed by atoms with Gasteiger partial charge in [-0.3, -0.25) is 13.9 Å². The lowest BCUT2D eigenvalue weighted by molar-refractivity contribution is 0.0947. The summed E-state index contributed by atoms with van der Waals surface area (Å²) in [4.78, 5) is 15.3. The van der Waals surface area contributed by atoms with Crippen LogP contribution < -0.4 is 5.32 Å². The van der Waals surface area contributed by atoms with Crippen LogP contribution >= 0.6 is 10.6 Å². The summed E-state index contributed by atoms with van der Waals surface area (Å²) in [7, 11) is -7.22. The number of hydrogen-bond acceptors (Lipinski definition) is 6. The molecule has 1 amide bonds. The Balaban J connectivity index is 1.96. The van der Waals surface area contributed by atoms with Gasteiger partial charge in [-0.25, -0.2) is 8.42 Å². The van der Waals surface area contributed by atoms with Crippen LogP contribution in [0.1, 0.15) is 35.0 Å². The molecule has 1 unspecified atom stereocenters. The van der Waals surface area contributed by atoms with E-state index < -0.39 is 31.6 Å². The second-order valence-corrected chi connectivity index (χ2v) is 11.4. The fourth-order valence-electron chi connectivity index (χ4n) is 3.73. The maximum Gasteiger partial charge on any atom is 0.251 e. The normalized spacial score (nSPS) is 18.8. The van der Waals surface area contributed by atoms with Gasteiger partial charge in [-0.2, -0.15) is 10.6 Å². The molecule has 7 nitrogen and oxygen atoms in total. The number of fused-ring (bicyclic) bond motifs is 1. The van der Waals surface area contributed by atoms with Crippen LogP contribution in [0, 0.1) is 0 Å². The average molecular weight is 453 g/mol. The van der Waals surface area contributed by atoms with E-state index in [0.29, 0.717) is 13.1 Å². The number of hydrogen-bond donors (Lipinski definition) is 3. The summed E-state index contributed by atoms with van der Waals surface area (Å²) in [6.07, 6.45) is 0. The predicted octanol–water partition coefficient (Wildman–Crippen LogP) is 3.40. The summed E-state index contributed by atoms with van der Waals surface area (Å²) in [5, 5.41) is 1.65. The molecular formula is C21H28N2O5S2. The second-order valence-electron chi connectivity index (χ2n) is 7.18. The minimum absolute atomic E-state index is 0.0924. The second kappa shape index (κ2) is 9.07. The lowest BCUT2D eigenvalue weighted by atomic mass is 10.0. The zero-order chi connectivity index (χ0) is 21.9. The largest absolute Gasteiger partial charge is 0.351 e. The Bertz CT molecular complexity index is 1010. The molecule has 3 N–H and O–H groups in total. The smallest absolute Gasteiger partial charge is 0.251 e. The molecular weight excluding hydrogens is 424 g/mol. The SMILES string of the molecule is CCN(CC)CCNC(=O)c1cccc2c1C(S(=O)(=O)c1ccccc1)CS2(O)O. The van der Waals surface area contributed by atoms with Crippen molar-refractivity contribution in [1.29, 1.82) is 0 Å². The Morgan fingerprint density at radius 1 is 1.10 bits per heavy atom. The Hall–Kier alpha value is -1.91. The van der Waals surface area contributed by atoms with Crippen LogP contribution in [0.3, 0.4) is 0 Å². The summed E-state index contributed by atoms with van der Waals surface area (Å²) in [6, 6.07) is 12.5. The molecule has 0 aliphatic carbocycles. The van der Waals surface area contributed by atoms with Crippen molar-refractivity contribution in [3.05, 3.63) is 59.7 Å². The van der Waals surface area contributed by atoms with Gasteiger partial charge >= 0.3 is 0 Å². The first-order valence-electron chi connectivity index (χ1n) is 9.90. The van der Waals surface area contributed by atoms with E-state index in [1.165, 1.54) is 18.2 Å². The van der Waals surface area contributed by atoms with E-state index in [-0.39, 0.29) is 26.7 Å². The van der Waals surface area contributed by atoms with Gasteiger partial charge in [0.15, 0.2) is 9.84 Å². The number of nitrogens with one attached hydrogen (secondary N) is 1. The zero-order valence-electron chi connectivity index (χ0n) is 17.1. The molecule has 3 rings (SSSR count). The molecule has 1 aliphatic rings. The number of likely N-dealkylation sites (N-methyl/N-ethyl adjacent to an activating group) is 1. The number of carbonyl (C=O) groups excluding carboxylic acids is 1. The first-order chi connectivity index (χ1) is 14.2. The highest BCUT2D eigenvalue weighted by Crippen LogP contribution is 2.62. The van der Waals surface area contributed by atoms with Crippen molar-refractivity contribution >= 4 is 26.3 Å². The maximum atomic E-state index is 13.3. The fourth-order valence-corrected chi connectivity index (χ4v) is 8.18. The first-order valence-corrected chi connectivity index (χ1v) is 13.2. The highest BCUT2D eigenvalue weighted by atomic mass is 32.3. The van der Waals surface area contributed by atoms with E-state index in [9.17, 15) is 22.3 Å². The molecule has 1 aliphatic heterocycles. The van der Waals surface area contributed by atoms with Crippen molar-refractivity contribution in [3.63, 3.8) is 0 Å². The number of nitrogens with zero attached hydrogens (tertiary/aromatic N) is 1. The van der Waals surface area contributed by atoms with Crippen molar-refractivity contribution < 1.29 is 22.3 Å². The molecule has 0 aromatic heterocycles. The van der Waals surface area contributed by atoms with Gasteiger partial charge < -0.3 is 10.2 Å². The molecule has 30 heavy (non-hydrogen) atoms. The molecule has 0 radical (unpaired) electrons. The minimum Gasteiger partial charge on any atom is -0.351 e. The Morgan fingerprint density at radius 2 is 1.77 bits per heavy atom. The fraction of sp³-hybridized carbons (Fsp3) is 0.381. The monoisotopic (exact) mass is 452 g/mol. The van der Waals surface area contributed by atoms with Gasteiger partial charge in [-0.1, -0.05) is 38.1 Å². The number of sulfone groups is 1. The van der Waals surface area contributed by atoms with Crippen LogP contribution in [0.5, 0.6) is 0 Å². The third-order valence-electron chi connectivity index (χ3n) is 5.42. The van der Waals surface area contributed by atoms with E-state index in [1.54, 1.807) is 30.3 Å². The van der Waals surface area contributed by atoms with E-state index >= 15 is 0 Å². The van der Waals surface area contributed by atoms with Crippen LogP contribution in [0.15, 0.2) is 58.3 Å². The maximum absolute atomic E-state index is 13.3. The van der Waals surface area contributed by atoms with Crippen LogP contribution in [0.4, 0.5) is 0 Å². The molecule has 0 spiro atoms. The number of amides is 1. The van der Waals surface area contributed by atoms with E-state index in [2.05, 4.69) is 10.2 Å². The number of carbonyl (C=O) groups is 1. The third-order valence-corrected chi connectivity index (χ3v) is 9.57. The lowest BCUT2D eigenvalue weighted by Gasteiger charge is -2.27. The van der Waals surface area contributed by atoms with Gasteiger partial charge in [0, 0.05) is 24.2 Å². The molecule has 164 valence electrons. The molecule has 0 saturated carbocycles. The zero-order valence-corrected chi connectivity index (χ0v) is 18.7.